The Morgan fingerprint density at radius 3 is 2.53 bits per heavy atom. The molecule has 0 saturated carbocycles. The summed E-state index contributed by atoms with van der Waals surface area (Å²) in [6.07, 6.45) is 0.972. The van der Waals surface area contributed by atoms with Crippen LogP contribution in [0.3, 0.4) is 0 Å². The van der Waals surface area contributed by atoms with Gasteiger partial charge in [-0.15, -0.1) is 10.2 Å². The van der Waals surface area contributed by atoms with Crippen LogP contribution < -0.4 is 0 Å². The zero-order valence-electron chi connectivity index (χ0n) is 11.2. The molecule has 2 aromatic rings. The van der Waals surface area contributed by atoms with Crippen molar-refractivity contribution in [2.24, 2.45) is 0 Å². The molecule has 0 fully saturated rings. The number of rotatable bonds is 5. The Bertz CT molecular complexity index is 563. The summed E-state index contributed by atoms with van der Waals surface area (Å²) < 4.78 is 5.27. The van der Waals surface area contributed by atoms with Gasteiger partial charge in [0.25, 0.3) is 5.22 Å². The minimum atomic E-state index is -0.243. The van der Waals surface area contributed by atoms with E-state index in [1.807, 2.05) is 31.2 Å². The van der Waals surface area contributed by atoms with Gasteiger partial charge in [0.1, 0.15) is 0 Å². The fraction of sp³-hybridized carbons (Fsp3) is 0.357. The van der Waals surface area contributed by atoms with Crippen LogP contribution in [0, 0.1) is 6.92 Å². The average Bonchev–Trinajstić information content (AvgIpc) is 2.83. The second kappa shape index (κ2) is 6.02. The highest BCUT2D eigenvalue weighted by molar-refractivity contribution is 8.00. The van der Waals surface area contributed by atoms with Crippen LogP contribution in [0.4, 0.5) is 0 Å². The summed E-state index contributed by atoms with van der Waals surface area (Å²) >= 11 is 1.29. The Kier molecular flexibility index (Phi) is 4.37. The minimum absolute atomic E-state index is 0.0727. The molecular formula is C14H16N2O2S. The van der Waals surface area contributed by atoms with E-state index in [2.05, 4.69) is 17.1 Å². The van der Waals surface area contributed by atoms with Crippen LogP contribution in [-0.4, -0.2) is 21.2 Å². The maximum atomic E-state index is 12.2. The van der Waals surface area contributed by atoms with E-state index in [1.165, 1.54) is 17.3 Å². The van der Waals surface area contributed by atoms with E-state index in [1.54, 1.807) is 6.92 Å². The number of hydrogen-bond acceptors (Lipinski definition) is 5. The smallest absolute Gasteiger partial charge is 0.277 e. The highest BCUT2D eigenvalue weighted by Crippen LogP contribution is 2.24. The molecule has 2 rings (SSSR count). The third-order valence-electron chi connectivity index (χ3n) is 2.80. The first-order valence-corrected chi connectivity index (χ1v) is 7.08. The minimum Gasteiger partial charge on any atom is -0.416 e. The maximum absolute atomic E-state index is 12.2. The van der Waals surface area contributed by atoms with Gasteiger partial charge in [0.15, 0.2) is 5.78 Å². The molecule has 0 aliphatic rings. The lowest BCUT2D eigenvalue weighted by Gasteiger charge is -2.07. The van der Waals surface area contributed by atoms with Crippen molar-refractivity contribution in [1.82, 2.24) is 10.2 Å². The number of hydrogen-bond donors (Lipinski definition) is 0. The zero-order chi connectivity index (χ0) is 13.8. The van der Waals surface area contributed by atoms with Gasteiger partial charge in [-0.3, -0.25) is 4.79 Å². The fourth-order valence-electron chi connectivity index (χ4n) is 1.67. The number of thioether (sulfide) groups is 1. The molecule has 4 nitrogen and oxygen atoms in total. The van der Waals surface area contributed by atoms with Crippen molar-refractivity contribution in [2.75, 3.05) is 0 Å². The SMILES string of the molecule is CCc1ccc(C(=O)[C@H](C)Sc2nnc(C)o2)cc1. The summed E-state index contributed by atoms with van der Waals surface area (Å²) in [5, 5.41) is 7.82. The molecule has 1 aromatic heterocycles. The van der Waals surface area contributed by atoms with Crippen LogP contribution in [0.1, 0.15) is 35.7 Å². The van der Waals surface area contributed by atoms with Gasteiger partial charge >= 0.3 is 0 Å². The predicted molar refractivity (Wildman–Crippen MR) is 74.5 cm³/mol. The highest BCUT2D eigenvalue weighted by Gasteiger charge is 2.19. The second-order valence-electron chi connectivity index (χ2n) is 4.26. The molecule has 0 N–H and O–H groups in total. The summed E-state index contributed by atoms with van der Waals surface area (Å²) in [6.45, 7) is 5.67. The average molecular weight is 276 g/mol. The molecule has 0 aliphatic heterocycles. The van der Waals surface area contributed by atoms with Crippen molar-refractivity contribution in [3.05, 3.63) is 41.3 Å². The Hall–Kier alpha value is -1.62. The van der Waals surface area contributed by atoms with Crippen molar-refractivity contribution in [1.29, 1.82) is 0 Å². The van der Waals surface area contributed by atoms with E-state index in [9.17, 15) is 4.79 Å². The van der Waals surface area contributed by atoms with E-state index < -0.39 is 0 Å². The molecule has 0 radical (unpaired) electrons. The Balaban J connectivity index is 2.05. The molecule has 19 heavy (non-hydrogen) atoms. The zero-order valence-corrected chi connectivity index (χ0v) is 12.0. The number of Topliss-reactive ketones (excluding diaryl/α,β-unsaturated/α-hetero) is 1. The highest BCUT2D eigenvalue weighted by atomic mass is 32.2. The van der Waals surface area contributed by atoms with Crippen LogP contribution in [0.2, 0.25) is 0 Å². The van der Waals surface area contributed by atoms with Crippen LogP contribution in [-0.2, 0) is 6.42 Å². The number of ketones is 1. The molecule has 5 heteroatoms. The topological polar surface area (TPSA) is 56.0 Å². The van der Waals surface area contributed by atoms with Crippen LogP contribution in [0.25, 0.3) is 0 Å². The lowest BCUT2D eigenvalue weighted by atomic mass is 10.1. The monoisotopic (exact) mass is 276 g/mol. The number of aryl methyl sites for hydroxylation is 2. The van der Waals surface area contributed by atoms with Crippen LogP contribution in [0.15, 0.2) is 33.9 Å². The van der Waals surface area contributed by atoms with E-state index in [0.717, 1.165) is 6.42 Å². The predicted octanol–water partition coefficient (Wildman–Crippen LogP) is 3.30. The van der Waals surface area contributed by atoms with Gasteiger partial charge in [-0.1, -0.05) is 43.0 Å². The molecular weight excluding hydrogens is 260 g/mol. The van der Waals surface area contributed by atoms with Crippen LogP contribution in [0.5, 0.6) is 0 Å². The molecule has 0 aliphatic carbocycles. The molecule has 0 amide bonds. The fourth-order valence-corrected chi connectivity index (χ4v) is 2.47. The molecule has 0 saturated heterocycles. The van der Waals surface area contributed by atoms with Gasteiger partial charge in [-0.25, -0.2) is 0 Å². The van der Waals surface area contributed by atoms with Crippen molar-refractivity contribution >= 4 is 17.5 Å². The first-order chi connectivity index (χ1) is 9.10. The Labute approximate surface area is 116 Å². The summed E-state index contributed by atoms with van der Waals surface area (Å²) in [5.41, 5.74) is 1.94. The molecule has 1 atom stereocenters. The molecule has 0 bridgehead atoms. The third-order valence-corrected chi connectivity index (χ3v) is 3.74. The maximum Gasteiger partial charge on any atom is 0.277 e. The lowest BCUT2D eigenvalue weighted by Crippen LogP contribution is -2.13. The lowest BCUT2D eigenvalue weighted by molar-refractivity contribution is 0.0993. The van der Waals surface area contributed by atoms with Crippen LogP contribution >= 0.6 is 11.8 Å². The van der Waals surface area contributed by atoms with Crippen molar-refractivity contribution in [3.8, 4) is 0 Å². The van der Waals surface area contributed by atoms with Gasteiger partial charge in [-0.05, 0) is 18.9 Å². The molecule has 1 heterocycles. The standard InChI is InChI=1S/C14H16N2O2S/c1-4-11-5-7-12(8-6-11)13(17)9(2)19-14-16-15-10(3)18-14/h5-9H,4H2,1-3H3/t9-/m0/s1. The molecule has 0 spiro atoms. The second-order valence-corrected chi connectivity index (χ2v) is 5.55. The van der Waals surface area contributed by atoms with Crippen molar-refractivity contribution < 1.29 is 9.21 Å². The Morgan fingerprint density at radius 1 is 1.32 bits per heavy atom. The summed E-state index contributed by atoms with van der Waals surface area (Å²) in [7, 11) is 0. The quantitative estimate of drug-likeness (QED) is 0.619. The number of aromatic nitrogens is 2. The van der Waals surface area contributed by atoms with E-state index in [-0.39, 0.29) is 11.0 Å². The number of carbonyl (C=O) groups is 1. The normalized spacial score (nSPS) is 12.4. The number of nitrogens with zero attached hydrogens (tertiary/aromatic N) is 2. The first kappa shape index (κ1) is 13.8. The first-order valence-electron chi connectivity index (χ1n) is 6.20. The van der Waals surface area contributed by atoms with Crippen molar-refractivity contribution in [2.45, 2.75) is 37.7 Å². The Morgan fingerprint density at radius 2 is 2.00 bits per heavy atom. The summed E-state index contributed by atoms with van der Waals surface area (Å²) in [5.74, 6) is 0.581. The van der Waals surface area contributed by atoms with E-state index in [4.69, 9.17) is 4.42 Å². The summed E-state index contributed by atoms with van der Waals surface area (Å²) in [4.78, 5) is 12.2. The molecule has 0 unspecified atom stereocenters. The van der Waals surface area contributed by atoms with Gasteiger partial charge in [0.2, 0.25) is 5.89 Å². The number of benzene rings is 1. The molecule has 1 aromatic carbocycles. The van der Waals surface area contributed by atoms with Gasteiger partial charge < -0.3 is 4.42 Å². The van der Waals surface area contributed by atoms with E-state index in [0.29, 0.717) is 16.7 Å². The van der Waals surface area contributed by atoms with Gasteiger partial charge in [-0.2, -0.15) is 0 Å². The van der Waals surface area contributed by atoms with Gasteiger partial charge in [0, 0.05) is 12.5 Å². The van der Waals surface area contributed by atoms with Crippen molar-refractivity contribution in [3.63, 3.8) is 0 Å². The largest absolute Gasteiger partial charge is 0.416 e. The van der Waals surface area contributed by atoms with E-state index >= 15 is 0 Å². The molecule has 100 valence electrons. The van der Waals surface area contributed by atoms with Gasteiger partial charge in [0.05, 0.1) is 5.25 Å². The third kappa shape index (κ3) is 3.44. The summed E-state index contributed by atoms with van der Waals surface area (Å²) in [6, 6.07) is 7.72. The number of carbonyl (C=O) groups excluding carboxylic acids is 1.